The van der Waals surface area contributed by atoms with Gasteiger partial charge in [0.1, 0.15) is 22.7 Å². The molecule has 0 bridgehead atoms. The van der Waals surface area contributed by atoms with Crippen LogP contribution in [0.25, 0.3) is 0 Å². The van der Waals surface area contributed by atoms with Crippen molar-refractivity contribution in [1.29, 1.82) is 0 Å². The lowest BCUT2D eigenvalue weighted by Gasteiger charge is -2.28. The van der Waals surface area contributed by atoms with E-state index in [9.17, 15) is 24.1 Å². The molecule has 0 aromatic heterocycles. The molecule has 0 saturated carbocycles. The van der Waals surface area contributed by atoms with Gasteiger partial charge in [-0.2, -0.15) is 4.90 Å². The van der Waals surface area contributed by atoms with Crippen LogP contribution in [0.4, 0.5) is 25.4 Å². The average Bonchev–Trinajstić information content (AvgIpc) is 2.38. The molecule has 0 aliphatic heterocycles. The Morgan fingerprint density at radius 1 is 1.08 bits per heavy atom. The fourth-order valence-electron chi connectivity index (χ4n) is 1.74. The fraction of sp³-hybridized carbons (Fsp3) is 0.500. The molecule has 1 aromatic carbocycles. The van der Waals surface area contributed by atoms with E-state index in [2.05, 4.69) is 0 Å². The van der Waals surface area contributed by atoms with E-state index in [1.54, 1.807) is 41.5 Å². The highest BCUT2D eigenvalue weighted by Crippen LogP contribution is 2.35. The molecule has 0 saturated heterocycles. The van der Waals surface area contributed by atoms with Gasteiger partial charge in [-0.1, -0.05) is 11.6 Å². The van der Waals surface area contributed by atoms with Crippen LogP contribution in [0.15, 0.2) is 12.1 Å². The molecule has 0 aliphatic carbocycles. The maximum absolute atomic E-state index is 13.6. The maximum Gasteiger partial charge on any atom is 0.424 e. The summed E-state index contributed by atoms with van der Waals surface area (Å²) < 4.78 is 23.9. The highest BCUT2D eigenvalue weighted by atomic mass is 35.5. The molecule has 0 aliphatic rings. The number of imide groups is 1. The second kappa shape index (κ2) is 7.45. The number of carbonyl (C=O) groups is 2. The van der Waals surface area contributed by atoms with Gasteiger partial charge < -0.3 is 9.47 Å². The first-order chi connectivity index (χ1) is 11.6. The molecule has 0 atom stereocenters. The fourth-order valence-corrected chi connectivity index (χ4v) is 1.90. The van der Waals surface area contributed by atoms with Gasteiger partial charge in [0.05, 0.1) is 16.0 Å². The van der Waals surface area contributed by atoms with Gasteiger partial charge in [-0.3, -0.25) is 10.1 Å². The number of benzene rings is 1. The molecule has 1 rings (SSSR count). The molecule has 8 nitrogen and oxygen atoms in total. The molecular formula is C16H20ClFN2O6. The summed E-state index contributed by atoms with van der Waals surface area (Å²) in [5.41, 5.74) is -3.42. The number of anilines is 1. The van der Waals surface area contributed by atoms with Crippen molar-refractivity contribution in [2.24, 2.45) is 0 Å². The third-order valence-electron chi connectivity index (χ3n) is 2.61. The predicted octanol–water partition coefficient (Wildman–Crippen LogP) is 5.06. The van der Waals surface area contributed by atoms with Crippen molar-refractivity contribution in [3.63, 3.8) is 0 Å². The Hall–Kier alpha value is -2.42. The average molecular weight is 391 g/mol. The van der Waals surface area contributed by atoms with Crippen LogP contribution in [0.3, 0.4) is 0 Å². The van der Waals surface area contributed by atoms with Crippen LogP contribution in [-0.2, 0) is 9.47 Å². The molecular weight excluding hydrogens is 371 g/mol. The summed E-state index contributed by atoms with van der Waals surface area (Å²) in [5.74, 6) is -1.07. The van der Waals surface area contributed by atoms with Gasteiger partial charge >= 0.3 is 12.2 Å². The molecule has 0 unspecified atom stereocenters. The number of rotatable bonds is 2. The third-order valence-corrected chi connectivity index (χ3v) is 2.90. The number of hydrogen-bond donors (Lipinski definition) is 0. The Morgan fingerprint density at radius 3 is 1.85 bits per heavy atom. The SMILES string of the molecule is CC(C)(C)OC(=O)N(C(=O)OC(C)(C)C)c1cc(Cl)c(F)cc1[N+](=O)[O-]. The minimum absolute atomic E-state index is 0.319. The molecule has 0 spiro atoms. The lowest BCUT2D eigenvalue weighted by Crippen LogP contribution is -2.44. The van der Waals surface area contributed by atoms with Crippen LogP contribution in [0.2, 0.25) is 5.02 Å². The minimum atomic E-state index is -1.22. The van der Waals surface area contributed by atoms with Gasteiger partial charge in [0.15, 0.2) is 0 Å². The van der Waals surface area contributed by atoms with Crippen LogP contribution in [0, 0.1) is 15.9 Å². The number of amides is 2. The Balaban J connectivity index is 3.55. The zero-order valence-electron chi connectivity index (χ0n) is 15.3. The lowest BCUT2D eigenvalue weighted by atomic mass is 10.2. The van der Waals surface area contributed by atoms with Gasteiger partial charge in [0.25, 0.3) is 5.69 Å². The summed E-state index contributed by atoms with van der Waals surface area (Å²) in [5, 5.41) is 10.8. The van der Waals surface area contributed by atoms with Crippen molar-refractivity contribution >= 4 is 35.2 Å². The second-order valence-electron chi connectivity index (χ2n) is 7.31. The molecule has 26 heavy (non-hydrogen) atoms. The van der Waals surface area contributed by atoms with E-state index < -0.39 is 50.5 Å². The van der Waals surface area contributed by atoms with Crippen LogP contribution in [0.1, 0.15) is 41.5 Å². The Bertz CT molecular complexity index is 711. The molecule has 2 amide bonds. The lowest BCUT2D eigenvalue weighted by molar-refractivity contribution is -0.384. The van der Waals surface area contributed by atoms with Crippen LogP contribution >= 0.6 is 11.6 Å². The topological polar surface area (TPSA) is 99.0 Å². The second-order valence-corrected chi connectivity index (χ2v) is 7.72. The largest absolute Gasteiger partial charge is 0.443 e. The molecule has 144 valence electrons. The number of carbonyl (C=O) groups excluding carboxylic acids is 2. The summed E-state index contributed by atoms with van der Waals surface area (Å²) in [7, 11) is 0. The van der Waals surface area contributed by atoms with Gasteiger partial charge in [-0.15, -0.1) is 0 Å². The number of hydrogen-bond acceptors (Lipinski definition) is 6. The van der Waals surface area contributed by atoms with Gasteiger partial charge in [-0.25, -0.2) is 14.0 Å². The number of nitro groups is 1. The van der Waals surface area contributed by atoms with Crippen LogP contribution < -0.4 is 4.90 Å². The van der Waals surface area contributed by atoms with Crippen molar-refractivity contribution in [2.45, 2.75) is 52.7 Å². The monoisotopic (exact) mass is 390 g/mol. The van der Waals surface area contributed by atoms with E-state index >= 15 is 0 Å². The highest BCUT2D eigenvalue weighted by molar-refractivity contribution is 6.31. The molecule has 0 radical (unpaired) electrons. The number of ether oxygens (including phenoxy) is 2. The van der Waals surface area contributed by atoms with E-state index in [0.29, 0.717) is 11.0 Å². The van der Waals surface area contributed by atoms with Crippen molar-refractivity contribution < 1.29 is 28.4 Å². The smallest absolute Gasteiger partial charge is 0.424 e. The number of nitrogens with zero attached hydrogens (tertiary/aromatic N) is 2. The van der Waals surface area contributed by atoms with E-state index in [4.69, 9.17) is 21.1 Å². The predicted molar refractivity (Wildman–Crippen MR) is 93.0 cm³/mol. The van der Waals surface area contributed by atoms with Gasteiger partial charge in [-0.05, 0) is 47.6 Å². The van der Waals surface area contributed by atoms with Crippen LogP contribution in [-0.4, -0.2) is 28.3 Å². The van der Waals surface area contributed by atoms with Crippen molar-refractivity contribution in [1.82, 2.24) is 0 Å². The quantitative estimate of drug-likeness (QED) is 0.516. The van der Waals surface area contributed by atoms with E-state index in [1.807, 2.05) is 0 Å². The number of halogens is 2. The third kappa shape index (κ3) is 5.83. The summed E-state index contributed by atoms with van der Waals surface area (Å²) in [6.07, 6.45) is -2.45. The first-order valence-corrected chi connectivity index (χ1v) is 7.89. The zero-order chi connectivity index (χ0) is 20.4. The van der Waals surface area contributed by atoms with E-state index in [0.717, 1.165) is 6.07 Å². The maximum atomic E-state index is 13.6. The van der Waals surface area contributed by atoms with Crippen LogP contribution in [0.5, 0.6) is 0 Å². The van der Waals surface area contributed by atoms with Gasteiger partial charge in [0, 0.05) is 0 Å². The summed E-state index contributed by atoms with van der Waals surface area (Å²) in [6.45, 7) is 9.28. The first-order valence-electron chi connectivity index (χ1n) is 7.52. The number of nitro benzene ring substituents is 1. The zero-order valence-corrected chi connectivity index (χ0v) is 16.0. The molecule has 10 heteroatoms. The molecule has 0 fully saturated rings. The summed E-state index contributed by atoms with van der Waals surface area (Å²) in [4.78, 5) is 35.6. The van der Waals surface area contributed by atoms with Crippen molar-refractivity contribution in [3.05, 3.63) is 33.1 Å². The highest BCUT2D eigenvalue weighted by Gasteiger charge is 2.37. The Labute approximate surface area is 155 Å². The minimum Gasteiger partial charge on any atom is -0.443 e. The standard InChI is InChI=1S/C16H20ClFN2O6/c1-15(2,3)25-13(21)19(14(22)26-16(4,5)6)11-7-9(17)10(18)8-12(11)20(23)24/h7-8H,1-6H3. The van der Waals surface area contributed by atoms with E-state index in [-0.39, 0.29) is 0 Å². The molecule has 0 N–H and O–H groups in total. The summed E-state index contributed by atoms with van der Waals surface area (Å²) in [6, 6.07) is 1.31. The Morgan fingerprint density at radius 2 is 1.50 bits per heavy atom. The molecule has 0 heterocycles. The first kappa shape index (κ1) is 21.6. The molecule has 1 aromatic rings. The Kier molecular flexibility index (Phi) is 6.19. The normalized spacial score (nSPS) is 11.7. The van der Waals surface area contributed by atoms with E-state index in [1.165, 1.54) is 0 Å². The van der Waals surface area contributed by atoms with Gasteiger partial charge in [0.2, 0.25) is 0 Å². The summed E-state index contributed by atoms with van der Waals surface area (Å²) >= 11 is 5.68. The van der Waals surface area contributed by atoms with Crippen molar-refractivity contribution in [2.75, 3.05) is 4.90 Å². The van der Waals surface area contributed by atoms with Crippen molar-refractivity contribution in [3.8, 4) is 0 Å².